The molecule has 0 spiro atoms. The van der Waals surface area contributed by atoms with Crippen LogP contribution >= 0.6 is 11.6 Å². The number of anilines is 2. The minimum absolute atomic E-state index is 0.266. The van der Waals surface area contributed by atoms with Crippen molar-refractivity contribution in [3.8, 4) is 0 Å². The van der Waals surface area contributed by atoms with Gasteiger partial charge in [-0.1, -0.05) is 11.6 Å². The molecule has 0 bridgehead atoms. The van der Waals surface area contributed by atoms with E-state index >= 15 is 0 Å². The van der Waals surface area contributed by atoms with Gasteiger partial charge in [-0.2, -0.15) is 0 Å². The molecule has 7 heteroatoms. The second kappa shape index (κ2) is 5.79. The van der Waals surface area contributed by atoms with Crippen LogP contribution in [-0.2, 0) is 14.6 Å². The average molecular weight is 305 g/mol. The highest BCUT2D eigenvalue weighted by molar-refractivity contribution is 7.93. The van der Waals surface area contributed by atoms with Crippen LogP contribution in [0, 0.1) is 0 Å². The van der Waals surface area contributed by atoms with Crippen molar-refractivity contribution in [1.29, 1.82) is 0 Å². The summed E-state index contributed by atoms with van der Waals surface area (Å²) in [6, 6.07) is 4.59. The first-order valence-electron chi connectivity index (χ1n) is 5.75. The van der Waals surface area contributed by atoms with Gasteiger partial charge in [0.05, 0.1) is 16.0 Å². The van der Waals surface area contributed by atoms with Gasteiger partial charge in [0.1, 0.15) is 5.25 Å². The van der Waals surface area contributed by atoms with E-state index in [1.54, 1.807) is 6.07 Å². The van der Waals surface area contributed by atoms with Crippen LogP contribution in [-0.4, -0.2) is 24.8 Å². The van der Waals surface area contributed by atoms with Gasteiger partial charge in [0.25, 0.3) is 0 Å². The molecular formula is C12H17ClN2O3S. The Morgan fingerprint density at radius 2 is 1.89 bits per heavy atom. The monoisotopic (exact) mass is 304 g/mol. The third-order valence-corrected chi connectivity index (χ3v) is 5.60. The van der Waals surface area contributed by atoms with Crippen LogP contribution in [0.1, 0.15) is 20.8 Å². The SMILES string of the molecule is CC(C)S(=O)(=O)C(C)C(=O)Nc1ccc(N)cc1Cl. The van der Waals surface area contributed by atoms with Crippen molar-refractivity contribution in [3.63, 3.8) is 0 Å². The maximum atomic E-state index is 11.9. The summed E-state index contributed by atoms with van der Waals surface area (Å²) in [6.45, 7) is 4.43. The van der Waals surface area contributed by atoms with Crippen molar-refractivity contribution in [3.05, 3.63) is 23.2 Å². The van der Waals surface area contributed by atoms with E-state index in [9.17, 15) is 13.2 Å². The highest BCUT2D eigenvalue weighted by atomic mass is 35.5. The van der Waals surface area contributed by atoms with Gasteiger partial charge in [-0.05, 0) is 39.0 Å². The van der Waals surface area contributed by atoms with Crippen LogP contribution in [0.25, 0.3) is 0 Å². The van der Waals surface area contributed by atoms with E-state index in [1.165, 1.54) is 32.9 Å². The summed E-state index contributed by atoms with van der Waals surface area (Å²) >= 11 is 5.91. The normalized spacial score (nSPS) is 13.3. The molecule has 0 saturated carbocycles. The molecule has 1 unspecified atom stereocenters. The minimum atomic E-state index is -3.50. The van der Waals surface area contributed by atoms with Gasteiger partial charge in [0.15, 0.2) is 9.84 Å². The van der Waals surface area contributed by atoms with Crippen molar-refractivity contribution in [2.45, 2.75) is 31.3 Å². The Morgan fingerprint density at radius 3 is 2.37 bits per heavy atom. The van der Waals surface area contributed by atoms with Gasteiger partial charge >= 0.3 is 0 Å². The Bertz CT molecular complexity index is 585. The second-order valence-electron chi connectivity index (χ2n) is 4.51. The van der Waals surface area contributed by atoms with E-state index in [4.69, 9.17) is 17.3 Å². The standard InChI is InChI=1S/C12H17ClN2O3S/c1-7(2)19(17,18)8(3)12(16)15-11-5-4-9(14)6-10(11)13/h4-8H,14H2,1-3H3,(H,15,16). The Labute approximate surface area is 118 Å². The van der Waals surface area contributed by atoms with E-state index in [1.807, 2.05) is 0 Å². The molecular weight excluding hydrogens is 288 g/mol. The van der Waals surface area contributed by atoms with Crippen LogP contribution in [0.4, 0.5) is 11.4 Å². The number of carbonyl (C=O) groups is 1. The van der Waals surface area contributed by atoms with Crippen molar-refractivity contribution in [2.75, 3.05) is 11.1 Å². The summed E-state index contributed by atoms with van der Waals surface area (Å²) < 4.78 is 23.8. The summed E-state index contributed by atoms with van der Waals surface area (Å²) in [6.07, 6.45) is 0. The number of benzene rings is 1. The number of hydrogen-bond acceptors (Lipinski definition) is 4. The van der Waals surface area contributed by atoms with Gasteiger partial charge < -0.3 is 11.1 Å². The fourth-order valence-electron chi connectivity index (χ4n) is 1.42. The zero-order valence-electron chi connectivity index (χ0n) is 11.0. The first-order valence-corrected chi connectivity index (χ1v) is 7.73. The highest BCUT2D eigenvalue weighted by Crippen LogP contribution is 2.24. The number of rotatable bonds is 4. The Kier molecular flexibility index (Phi) is 4.81. The largest absolute Gasteiger partial charge is 0.399 e. The highest BCUT2D eigenvalue weighted by Gasteiger charge is 2.30. The first-order chi connectivity index (χ1) is 8.66. The lowest BCUT2D eigenvalue weighted by molar-refractivity contribution is -0.115. The van der Waals surface area contributed by atoms with Crippen LogP contribution < -0.4 is 11.1 Å². The predicted octanol–water partition coefficient (Wildman–Crippen LogP) is 2.07. The molecule has 106 valence electrons. The smallest absolute Gasteiger partial charge is 0.242 e. The number of sulfone groups is 1. The van der Waals surface area contributed by atoms with E-state index in [0.717, 1.165) is 0 Å². The molecule has 0 aliphatic heterocycles. The molecule has 5 nitrogen and oxygen atoms in total. The summed E-state index contributed by atoms with van der Waals surface area (Å²) in [5.74, 6) is -0.611. The van der Waals surface area contributed by atoms with Crippen LogP contribution in [0.5, 0.6) is 0 Å². The van der Waals surface area contributed by atoms with E-state index in [2.05, 4.69) is 5.32 Å². The van der Waals surface area contributed by atoms with Crippen LogP contribution in [0.3, 0.4) is 0 Å². The minimum Gasteiger partial charge on any atom is -0.399 e. The lowest BCUT2D eigenvalue weighted by Crippen LogP contribution is -2.36. The number of amides is 1. The van der Waals surface area contributed by atoms with Crippen molar-refractivity contribution in [1.82, 2.24) is 0 Å². The number of nitrogens with two attached hydrogens (primary N) is 1. The predicted molar refractivity (Wildman–Crippen MR) is 78.0 cm³/mol. The van der Waals surface area contributed by atoms with Gasteiger partial charge in [-0.3, -0.25) is 4.79 Å². The maximum absolute atomic E-state index is 11.9. The quantitative estimate of drug-likeness (QED) is 0.833. The molecule has 1 amide bonds. The molecule has 19 heavy (non-hydrogen) atoms. The second-order valence-corrected chi connectivity index (χ2v) is 7.74. The number of carbonyl (C=O) groups excluding carboxylic acids is 1. The number of hydrogen-bond donors (Lipinski definition) is 2. The maximum Gasteiger partial charge on any atom is 0.242 e. The molecule has 1 rings (SSSR count). The van der Waals surface area contributed by atoms with Gasteiger partial charge in [0, 0.05) is 5.69 Å². The summed E-state index contributed by atoms with van der Waals surface area (Å²) in [5, 5.41) is 1.01. The average Bonchev–Trinajstić information content (AvgIpc) is 2.31. The van der Waals surface area contributed by atoms with E-state index in [0.29, 0.717) is 11.4 Å². The Balaban J connectivity index is 2.92. The van der Waals surface area contributed by atoms with Crippen molar-refractivity contribution in [2.24, 2.45) is 0 Å². The molecule has 0 saturated heterocycles. The van der Waals surface area contributed by atoms with Crippen LogP contribution in [0.2, 0.25) is 5.02 Å². The van der Waals surface area contributed by atoms with Crippen LogP contribution in [0.15, 0.2) is 18.2 Å². The zero-order chi connectivity index (χ0) is 14.8. The topological polar surface area (TPSA) is 89.3 Å². The Hall–Kier alpha value is -1.27. The Morgan fingerprint density at radius 1 is 1.32 bits per heavy atom. The van der Waals surface area contributed by atoms with Gasteiger partial charge in [0.2, 0.25) is 5.91 Å². The molecule has 1 aromatic carbocycles. The summed E-state index contributed by atoms with van der Waals surface area (Å²) in [5.41, 5.74) is 6.34. The third kappa shape index (κ3) is 3.61. The molecule has 0 aliphatic carbocycles. The molecule has 3 N–H and O–H groups in total. The fourth-order valence-corrected chi connectivity index (χ4v) is 2.83. The number of nitrogen functional groups attached to an aromatic ring is 1. The third-order valence-electron chi connectivity index (χ3n) is 2.77. The number of nitrogens with one attached hydrogen (secondary N) is 1. The van der Waals surface area contributed by atoms with Crippen molar-refractivity contribution >= 4 is 38.7 Å². The number of halogens is 1. The summed E-state index contributed by atoms with van der Waals surface area (Å²) in [7, 11) is -3.50. The van der Waals surface area contributed by atoms with Gasteiger partial charge in [-0.15, -0.1) is 0 Å². The molecule has 0 aliphatic rings. The molecule has 1 aromatic rings. The van der Waals surface area contributed by atoms with Gasteiger partial charge in [-0.25, -0.2) is 8.42 Å². The molecule has 0 heterocycles. The fraction of sp³-hybridized carbons (Fsp3) is 0.417. The molecule has 1 atom stereocenters. The van der Waals surface area contributed by atoms with E-state index in [-0.39, 0.29) is 5.02 Å². The molecule has 0 fully saturated rings. The zero-order valence-corrected chi connectivity index (χ0v) is 12.5. The summed E-state index contributed by atoms with van der Waals surface area (Å²) in [4.78, 5) is 11.9. The van der Waals surface area contributed by atoms with Crippen molar-refractivity contribution < 1.29 is 13.2 Å². The lowest BCUT2D eigenvalue weighted by atomic mass is 10.2. The lowest BCUT2D eigenvalue weighted by Gasteiger charge is -2.16. The van der Waals surface area contributed by atoms with E-state index < -0.39 is 26.2 Å². The molecule has 0 aromatic heterocycles. The first kappa shape index (κ1) is 15.8. The molecule has 0 radical (unpaired) electrons.